The Balaban J connectivity index is 1.54. The van der Waals surface area contributed by atoms with Crippen LogP contribution in [0, 0.1) is 0 Å². The molecule has 0 aliphatic carbocycles. The van der Waals surface area contributed by atoms with Gasteiger partial charge in [-0.1, -0.05) is 19.1 Å². The van der Waals surface area contributed by atoms with Gasteiger partial charge >= 0.3 is 0 Å². The smallest absolute Gasteiger partial charge is 0.300 e. The van der Waals surface area contributed by atoms with E-state index in [0.717, 1.165) is 41.8 Å². The average molecular weight is 795 g/mol. The van der Waals surface area contributed by atoms with Crippen molar-refractivity contribution in [2.45, 2.75) is 89.2 Å². The number of hydrogen-bond donors (Lipinski definition) is 4. The lowest BCUT2D eigenvalue weighted by Crippen LogP contribution is -2.48. The van der Waals surface area contributed by atoms with Crippen LogP contribution in [0.2, 0.25) is 0 Å². The Labute approximate surface area is 320 Å². The van der Waals surface area contributed by atoms with Gasteiger partial charge in [0.25, 0.3) is 20.2 Å². The van der Waals surface area contributed by atoms with Gasteiger partial charge in [0, 0.05) is 65.1 Å². The van der Waals surface area contributed by atoms with E-state index in [1.807, 2.05) is 10.8 Å². The third kappa shape index (κ3) is 7.24. The molecule has 1 aromatic heterocycles. The molecule has 17 heteroatoms. The molecule has 0 unspecified atom stereocenters. The van der Waals surface area contributed by atoms with Crippen LogP contribution in [0.1, 0.15) is 88.4 Å². The third-order valence-electron chi connectivity index (χ3n) is 10.5. The molecule has 3 aromatic rings. The van der Waals surface area contributed by atoms with Crippen LogP contribution >= 0.6 is 0 Å². The molecule has 0 fully saturated rings. The summed E-state index contributed by atoms with van der Waals surface area (Å²) in [5, 5.41) is 2.85. The van der Waals surface area contributed by atoms with Crippen molar-refractivity contribution >= 4 is 48.6 Å². The number of fused-ring (bicyclic) bond motifs is 4. The Hall–Kier alpha value is -4.39. The van der Waals surface area contributed by atoms with Crippen LogP contribution < -0.4 is 31.4 Å². The molecule has 55 heavy (non-hydrogen) atoms. The normalized spacial score (nSPS) is 17.8. The standard InChI is InChI=1S/C38H46N6O9S2/c1-6-22-19-38(4,5)44-14-9-10-24-32(44)26(22)17-27-30(36-41-12-15-43(36)13-8-7-11-40-29(45)20-52-39)28-16-25-23(21-54(46,47)48)18-37(2,3)42-31(25)35(55(49,50)51)34(28)53-33(24)27/h12,15-19H,6-11,13-14,20-21,39H2,1-5H3,(H,40,45)(H,46,47,48)(H,49,50,51). The lowest BCUT2D eigenvalue weighted by atomic mass is 9.79. The summed E-state index contributed by atoms with van der Waals surface area (Å²) < 4.78 is 81.6. The number of nitrogens with zero attached hydrogens (tertiary/aromatic N) is 4. The predicted molar refractivity (Wildman–Crippen MR) is 206 cm³/mol. The number of unbranched alkanes of at least 4 members (excludes halogenated alkanes) is 1. The Morgan fingerprint density at radius 2 is 1.80 bits per heavy atom. The number of allylic oxidation sites excluding steroid dienone is 1. The zero-order valence-electron chi connectivity index (χ0n) is 31.5. The number of ether oxygens (including phenoxy) is 1. The zero-order chi connectivity index (χ0) is 39.7. The molecule has 0 saturated heterocycles. The van der Waals surface area contributed by atoms with Crippen molar-refractivity contribution in [3.63, 3.8) is 0 Å². The van der Waals surface area contributed by atoms with Gasteiger partial charge in [-0.05, 0) is 83.1 Å². The number of amides is 1. The summed E-state index contributed by atoms with van der Waals surface area (Å²) in [6.07, 6.45) is 10.8. The maximum absolute atomic E-state index is 13.6. The van der Waals surface area contributed by atoms with E-state index in [1.165, 1.54) is 0 Å². The fraction of sp³-hybridized carbons (Fsp3) is 0.447. The van der Waals surface area contributed by atoms with Gasteiger partial charge in [0.2, 0.25) is 5.91 Å². The summed E-state index contributed by atoms with van der Waals surface area (Å²) in [6.45, 7) is 11.2. The Bertz CT molecular complexity index is 2540. The van der Waals surface area contributed by atoms with Crippen molar-refractivity contribution in [2.75, 3.05) is 30.3 Å². The number of carbonyl (C=O) groups is 1. The van der Waals surface area contributed by atoms with Gasteiger partial charge in [-0.25, -0.2) is 10.9 Å². The molecule has 0 atom stereocenters. The highest BCUT2D eigenvalue weighted by Gasteiger charge is 2.41. The van der Waals surface area contributed by atoms with E-state index >= 15 is 0 Å². The van der Waals surface area contributed by atoms with Gasteiger partial charge in [0.05, 0.1) is 22.1 Å². The number of nitrogens with one attached hydrogen (secondary N) is 1. The summed E-state index contributed by atoms with van der Waals surface area (Å²) in [5.74, 6) is 4.65. The summed E-state index contributed by atoms with van der Waals surface area (Å²) in [5.41, 5.74) is 4.14. The minimum Gasteiger partial charge on any atom is -0.454 e. The number of imidazole rings is 1. The minimum atomic E-state index is -5.07. The number of nitrogens with two attached hydrogens (primary N) is 1. The monoisotopic (exact) mass is 794 g/mol. The van der Waals surface area contributed by atoms with Gasteiger partial charge in [0.15, 0.2) is 10.6 Å². The number of aromatic nitrogens is 2. The summed E-state index contributed by atoms with van der Waals surface area (Å²) in [4.78, 5) is 27.5. The molecule has 5 heterocycles. The van der Waals surface area contributed by atoms with Crippen molar-refractivity contribution in [2.24, 2.45) is 10.9 Å². The first-order chi connectivity index (χ1) is 25.8. The number of hydrogen-bond acceptors (Lipinski definition) is 11. The summed E-state index contributed by atoms with van der Waals surface area (Å²) in [7, 11) is -9.66. The first-order valence-corrected chi connectivity index (χ1v) is 21.3. The van der Waals surface area contributed by atoms with Crippen molar-refractivity contribution in [3.05, 3.63) is 75.3 Å². The van der Waals surface area contributed by atoms with Crippen LogP contribution in [0.5, 0.6) is 11.5 Å². The first kappa shape index (κ1) is 38.9. The van der Waals surface area contributed by atoms with Crippen LogP contribution in [0.15, 0.2) is 46.6 Å². The van der Waals surface area contributed by atoms with Crippen LogP contribution in [0.4, 0.5) is 5.69 Å². The third-order valence-corrected chi connectivity index (χ3v) is 12.1. The maximum Gasteiger partial charge on any atom is 0.300 e. The molecule has 1 amide bonds. The molecule has 5 N–H and O–H groups in total. The molecule has 0 radical (unpaired) electrons. The van der Waals surface area contributed by atoms with Gasteiger partial charge in [-0.3, -0.25) is 23.7 Å². The van der Waals surface area contributed by atoms with Crippen molar-refractivity contribution in [3.8, 4) is 11.5 Å². The van der Waals surface area contributed by atoms with E-state index in [1.54, 1.807) is 32.2 Å². The Morgan fingerprint density at radius 3 is 2.49 bits per heavy atom. The summed E-state index contributed by atoms with van der Waals surface area (Å²) >= 11 is 0. The van der Waals surface area contributed by atoms with Crippen LogP contribution in [0.3, 0.4) is 0 Å². The first-order valence-electron chi connectivity index (χ1n) is 18.3. The van der Waals surface area contributed by atoms with E-state index in [2.05, 4.69) is 53.0 Å². The molecular formula is C38H46N6O9S2. The SMILES string of the molecule is CCC1=CC(C)(C)N2CCCc3c4c(cc1c32)C(c1nccn1CCCCNC(=O)CON)=c1cc2c(c(S(=O)(=O)O)c1O4)=NC(C)(C)C=C2CS(=O)(=O)O. The molecule has 0 saturated carbocycles. The highest BCUT2D eigenvalue weighted by atomic mass is 32.2. The number of benzene rings is 2. The van der Waals surface area contributed by atoms with E-state index in [0.29, 0.717) is 55.1 Å². The molecule has 4 aliphatic rings. The fourth-order valence-corrected chi connectivity index (χ4v) is 9.81. The van der Waals surface area contributed by atoms with E-state index in [-0.39, 0.29) is 45.5 Å². The van der Waals surface area contributed by atoms with Crippen LogP contribution in [0.25, 0.3) is 16.7 Å². The largest absolute Gasteiger partial charge is 0.454 e. The van der Waals surface area contributed by atoms with Gasteiger partial charge < -0.3 is 19.5 Å². The molecule has 0 bridgehead atoms. The maximum atomic E-state index is 13.6. The van der Waals surface area contributed by atoms with Gasteiger partial charge in [-0.15, -0.1) is 0 Å². The highest BCUT2D eigenvalue weighted by Crippen LogP contribution is 2.52. The average Bonchev–Trinajstić information content (AvgIpc) is 3.54. The zero-order valence-corrected chi connectivity index (χ0v) is 33.1. The van der Waals surface area contributed by atoms with Crippen LogP contribution in [-0.2, 0) is 42.8 Å². The molecular weight excluding hydrogens is 749 g/mol. The molecule has 0 spiro atoms. The van der Waals surface area contributed by atoms with Gasteiger partial charge in [0.1, 0.15) is 23.9 Å². The van der Waals surface area contributed by atoms with Crippen molar-refractivity contribution in [1.29, 1.82) is 0 Å². The highest BCUT2D eigenvalue weighted by molar-refractivity contribution is 7.86. The Kier molecular flexibility index (Phi) is 9.87. The number of aryl methyl sites for hydroxylation is 1. The van der Waals surface area contributed by atoms with E-state index < -0.39 is 36.4 Å². The second kappa shape index (κ2) is 14.0. The van der Waals surface area contributed by atoms with Gasteiger partial charge in [-0.2, -0.15) is 16.8 Å². The molecule has 7 rings (SSSR count). The summed E-state index contributed by atoms with van der Waals surface area (Å²) in [6, 6.07) is 3.69. The van der Waals surface area contributed by atoms with Crippen molar-refractivity contribution in [1.82, 2.24) is 14.9 Å². The molecule has 4 aliphatic heterocycles. The quantitative estimate of drug-likeness (QED) is 0.0924. The topological polar surface area (TPSA) is 216 Å². The second-order valence-corrected chi connectivity index (χ2v) is 18.3. The number of anilines is 1. The lowest BCUT2D eigenvalue weighted by molar-refractivity contribution is -0.125. The fourth-order valence-electron chi connectivity index (χ4n) is 8.40. The molecule has 15 nitrogen and oxygen atoms in total. The number of rotatable bonds is 12. The Morgan fingerprint density at radius 1 is 1.04 bits per heavy atom. The lowest BCUT2D eigenvalue weighted by Gasteiger charge is -2.47. The molecule has 2 aromatic carbocycles. The van der Waals surface area contributed by atoms with E-state index in [4.69, 9.17) is 15.6 Å². The van der Waals surface area contributed by atoms with Crippen LogP contribution in [-0.4, -0.2) is 77.9 Å². The van der Waals surface area contributed by atoms with E-state index in [9.17, 15) is 30.7 Å². The molecule has 294 valence electrons. The minimum absolute atomic E-state index is 0.115. The number of carbonyl (C=O) groups excluding carboxylic acids is 1. The predicted octanol–water partition coefficient (Wildman–Crippen LogP) is 3.29. The second-order valence-electron chi connectivity index (χ2n) is 15.5. The van der Waals surface area contributed by atoms with Crippen molar-refractivity contribution < 1.29 is 40.3 Å².